The number of carbonyl (C=O) groups excluding carboxylic acids is 2. The van der Waals surface area contributed by atoms with Crippen molar-refractivity contribution < 1.29 is 23.6 Å². The molecule has 1 saturated carbocycles. The zero-order valence-electron chi connectivity index (χ0n) is 21.1. The maximum Gasteiger partial charge on any atom is 0.255 e. The second kappa shape index (κ2) is 10.8. The minimum Gasteiger partial charge on any atom is -0.496 e. The second-order valence-corrected chi connectivity index (χ2v) is 9.70. The summed E-state index contributed by atoms with van der Waals surface area (Å²) in [4.78, 5) is 32.2. The minimum absolute atomic E-state index is 0.000585. The summed E-state index contributed by atoms with van der Waals surface area (Å²) in [6.07, 6.45) is 8.11. The summed E-state index contributed by atoms with van der Waals surface area (Å²) in [5, 5.41) is 7.50. The number of ether oxygens (including phenoxy) is 1. The Morgan fingerprint density at radius 1 is 1.08 bits per heavy atom. The molecule has 1 saturated heterocycles. The first-order valence-corrected chi connectivity index (χ1v) is 12.7. The largest absolute Gasteiger partial charge is 0.496 e. The number of halogens is 1. The molecule has 1 aliphatic heterocycles. The van der Waals surface area contributed by atoms with Crippen LogP contribution in [0.15, 0.2) is 42.7 Å². The zero-order chi connectivity index (χ0) is 25.9. The number of fused-ring (bicyclic) bond motifs is 1. The van der Waals surface area contributed by atoms with E-state index >= 15 is 0 Å². The van der Waals surface area contributed by atoms with Gasteiger partial charge >= 0.3 is 0 Å². The average molecular weight is 510 g/mol. The molecular weight excluding hydrogens is 477 g/mol. The normalized spacial score (nSPS) is 21.7. The van der Waals surface area contributed by atoms with E-state index in [1.54, 1.807) is 30.0 Å². The molecule has 1 unspecified atom stereocenters. The number of nitrogens with one attached hydrogen (secondary N) is 2. The van der Waals surface area contributed by atoms with Crippen LogP contribution in [-0.4, -0.2) is 48.2 Å². The molecule has 1 aromatic carbocycles. The molecule has 3 aromatic rings. The van der Waals surface area contributed by atoms with Crippen molar-refractivity contribution in [2.75, 3.05) is 25.7 Å². The number of aromatic nitrogens is 2. The molecule has 3 heterocycles. The number of hydroxylamine groups is 1. The Morgan fingerprint density at radius 2 is 1.89 bits per heavy atom. The van der Waals surface area contributed by atoms with E-state index in [4.69, 9.17) is 9.57 Å². The molecule has 1 atom stereocenters. The summed E-state index contributed by atoms with van der Waals surface area (Å²) < 4.78 is 21.3. The van der Waals surface area contributed by atoms with Gasteiger partial charge in [-0.05, 0) is 68.9 Å². The van der Waals surface area contributed by atoms with E-state index in [9.17, 15) is 14.0 Å². The van der Waals surface area contributed by atoms with Gasteiger partial charge in [0.15, 0.2) is 0 Å². The number of amides is 2. The van der Waals surface area contributed by atoms with Crippen LogP contribution in [0.5, 0.6) is 5.75 Å². The van der Waals surface area contributed by atoms with Gasteiger partial charge in [-0.15, -0.1) is 0 Å². The molecule has 2 aliphatic rings. The molecule has 196 valence electrons. The average Bonchev–Trinajstić information content (AvgIpc) is 3.56. The SMILES string of the molecule is CONC(=O)C1CCC(NC(=O)c2cnn3ccc(N4CCCC4c4cc(F)ccc4OC)cc23)CC1. The number of carbonyl (C=O) groups is 2. The molecule has 2 fully saturated rings. The molecule has 2 N–H and O–H groups in total. The van der Waals surface area contributed by atoms with Crippen LogP contribution in [0.2, 0.25) is 0 Å². The van der Waals surface area contributed by atoms with E-state index in [-0.39, 0.29) is 35.6 Å². The number of hydrogen-bond acceptors (Lipinski definition) is 6. The second-order valence-electron chi connectivity index (χ2n) is 9.70. The standard InChI is InChI=1S/C27H32FN5O4/c1-36-25-10-7-18(28)14-21(25)23-4-3-12-32(23)20-11-13-33-24(15-20)22(16-29-33)27(35)30-19-8-5-17(6-9-19)26(34)31-37-2/h7,10-11,13-17,19,23H,3-6,8-9,12H2,1-2H3,(H,30,35)(H,31,34). The van der Waals surface area contributed by atoms with Crippen molar-refractivity contribution >= 4 is 23.0 Å². The van der Waals surface area contributed by atoms with E-state index in [0.717, 1.165) is 43.5 Å². The smallest absolute Gasteiger partial charge is 0.255 e. The van der Waals surface area contributed by atoms with Crippen LogP contribution in [0.3, 0.4) is 0 Å². The van der Waals surface area contributed by atoms with Crippen LogP contribution >= 0.6 is 0 Å². The number of hydrogen-bond donors (Lipinski definition) is 2. The van der Waals surface area contributed by atoms with Gasteiger partial charge in [-0.1, -0.05) is 0 Å². The van der Waals surface area contributed by atoms with Crippen LogP contribution < -0.4 is 20.4 Å². The van der Waals surface area contributed by atoms with Gasteiger partial charge in [-0.3, -0.25) is 14.4 Å². The van der Waals surface area contributed by atoms with Gasteiger partial charge in [0.25, 0.3) is 5.91 Å². The Morgan fingerprint density at radius 3 is 2.65 bits per heavy atom. The van der Waals surface area contributed by atoms with E-state index < -0.39 is 0 Å². The van der Waals surface area contributed by atoms with Crippen molar-refractivity contribution in [1.29, 1.82) is 0 Å². The summed E-state index contributed by atoms with van der Waals surface area (Å²) in [7, 11) is 3.02. The molecule has 10 heteroatoms. The Labute approximate surface area is 214 Å². The lowest BCUT2D eigenvalue weighted by Crippen LogP contribution is -2.40. The molecule has 0 bridgehead atoms. The fourth-order valence-corrected chi connectivity index (χ4v) is 5.63. The number of benzene rings is 1. The number of nitrogens with zero attached hydrogens (tertiary/aromatic N) is 3. The predicted octanol–water partition coefficient (Wildman–Crippen LogP) is 3.79. The highest BCUT2D eigenvalue weighted by Crippen LogP contribution is 2.40. The topological polar surface area (TPSA) is 97.2 Å². The van der Waals surface area contributed by atoms with Gasteiger partial charge in [-0.25, -0.2) is 14.4 Å². The van der Waals surface area contributed by atoms with Gasteiger partial charge in [0, 0.05) is 36.0 Å². The van der Waals surface area contributed by atoms with E-state index in [1.165, 1.54) is 13.2 Å². The highest BCUT2D eigenvalue weighted by atomic mass is 19.1. The Kier molecular flexibility index (Phi) is 7.27. The number of methoxy groups -OCH3 is 1. The molecule has 2 aromatic heterocycles. The van der Waals surface area contributed by atoms with Crippen molar-refractivity contribution in [2.24, 2.45) is 5.92 Å². The molecule has 0 radical (unpaired) electrons. The maximum absolute atomic E-state index is 14.1. The van der Waals surface area contributed by atoms with Crippen LogP contribution in [-0.2, 0) is 9.63 Å². The summed E-state index contributed by atoms with van der Waals surface area (Å²) in [5.74, 6) is -0.0163. The summed E-state index contributed by atoms with van der Waals surface area (Å²) in [6.45, 7) is 0.816. The number of anilines is 1. The van der Waals surface area contributed by atoms with Gasteiger partial charge in [-0.2, -0.15) is 5.10 Å². The van der Waals surface area contributed by atoms with E-state index in [2.05, 4.69) is 20.8 Å². The van der Waals surface area contributed by atoms with Crippen molar-refractivity contribution in [3.63, 3.8) is 0 Å². The van der Waals surface area contributed by atoms with Crippen LogP contribution in [0.4, 0.5) is 10.1 Å². The third-order valence-corrected chi connectivity index (χ3v) is 7.52. The highest BCUT2D eigenvalue weighted by Gasteiger charge is 2.30. The van der Waals surface area contributed by atoms with Crippen molar-refractivity contribution in [2.45, 2.75) is 50.6 Å². The molecule has 1 aliphatic carbocycles. The minimum atomic E-state index is -0.291. The van der Waals surface area contributed by atoms with Crippen LogP contribution in [0.1, 0.15) is 60.5 Å². The number of pyridine rings is 1. The van der Waals surface area contributed by atoms with Crippen LogP contribution in [0.25, 0.3) is 5.52 Å². The first-order chi connectivity index (χ1) is 18.0. The third-order valence-electron chi connectivity index (χ3n) is 7.52. The summed E-state index contributed by atoms with van der Waals surface area (Å²) in [6, 6.07) is 8.54. The zero-order valence-corrected chi connectivity index (χ0v) is 21.1. The van der Waals surface area contributed by atoms with Gasteiger partial charge in [0.2, 0.25) is 5.91 Å². The van der Waals surface area contributed by atoms with Crippen LogP contribution in [0, 0.1) is 11.7 Å². The van der Waals surface area contributed by atoms with Crippen molar-refractivity contribution in [1.82, 2.24) is 20.4 Å². The van der Waals surface area contributed by atoms with Crippen molar-refractivity contribution in [3.05, 3.63) is 59.7 Å². The van der Waals surface area contributed by atoms with Gasteiger partial charge in [0.1, 0.15) is 11.6 Å². The third kappa shape index (κ3) is 5.11. The monoisotopic (exact) mass is 509 g/mol. The Balaban J connectivity index is 1.33. The lowest BCUT2D eigenvalue weighted by atomic mass is 9.85. The molecule has 5 rings (SSSR count). The maximum atomic E-state index is 14.1. The fraction of sp³-hybridized carbons (Fsp3) is 0.444. The first-order valence-electron chi connectivity index (χ1n) is 12.7. The Hall–Kier alpha value is -3.66. The number of rotatable bonds is 7. The summed E-state index contributed by atoms with van der Waals surface area (Å²) >= 11 is 0. The predicted molar refractivity (Wildman–Crippen MR) is 136 cm³/mol. The lowest BCUT2D eigenvalue weighted by molar-refractivity contribution is -0.136. The molecule has 9 nitrogen and oxygen atoms in total. The van der Waals surface area contributed by atoms with Gasteiger partial charge < -0.3 is 15.0 Å². The molecule has 2 amide bonds. The van der Waals surface area contributed by atoms with Gasteiger partial charge in [0.05, 0.1) is 37.5 Å². The molecule has 37 heavy (non-hydrogen) atoms. The first kappa shape index (κ1) is 25.0. The highest BCUT2D eigenvalue weighted by molar-refractivity contribution is 6.01. The summed E-state index contributed by atoms with van der Waals surface area (Å²) in [5.41, 5.74) is 5.37. The molecular formula is C27H32FN5O4. The fourth-order valence-electron chi connectivity index (χ4n) is 5.63. The Bertz CT molecular complexity index is 1290. The quantitative estimate of drug-likeness (QED) is 0.471. The molecule has 0 spiro atoms. The van der Waals surface area contributed by atoms with E-state index in [1.807, 2.05) is 18.3 Å². The lowest BCUT2D eigenvalue weighted by Gasteiger charge is -2.28. The van der Waals surface area contributed by atoms with E-state index in [0.29, 0.717) is 29.7 Å². The van der Waals surface area contributed by atoms with Crippen molar-refractivity contribution in [3.8, 4) is 5.75 Å².